The fraction of sp³-hybridized carbons (Fsp3) is 0.308. The highest BCUT2D eigenvalue weighted by atomic mass is 16.5. The number of rotatable bonds is 2. The Morgan fingerprint density at radius 1 is 1.53 bits per heavy atom. The molecule has 0 saturated heterocycles. The van der Waals surface area contributed by atoms with Crippen LogP contribution in [0.25, 0.3) is 0 Å². The van der Waals surface area contributed by atoms with Crippen LogP contribution in [0.15, 0.2) is 18.2 Å². The fourth-order valence-corrected chi connectivity index (χ4v) is 1.22. The standard InChI is InChI=1S/C13H15NO3/c1-10-6-7-12(14-13(16)17-2)9-11(10)5-3-4-8-15/h6-7,9,15H,4,8H2,1-2H3,(H,14,16). The number of carbonyl (C=O) groups excluding carboxylic acids is 1. The Morgan fingerprint density at radius 3 is 2.94 bits per heavy atom. The Bertz CT molecular complexity index is 457. The van der Waals surface area contributed by atoms with Crippen molar-refractivity contribution in [2.24, 2.45) is 0 Å². The highest BCUT2D eigenvalue weighted by Crippen LogP contribution is 2.14. The van der Waals surface area contributed by atoms with Crippen LogP contribution in [0.4, 0.5) is 10.5 Å². The molecule has 17 heavy (non-hydrogen) atoms. The summed E-state index contributed by atoms with van der Waals surface area (Å²) < 4.78 is 4.50. The molecule has 1 amide bonds. The highest BCUT2D eigenvalue weighted by Gasteiger charge is 2.02. The zero-order valence-corrected chi connectivity index (χ0v) is 9.91. The number of aryl methyl sites for hydroxylation is 1. The summed E-state index contributed by atoms with van der Waals surface area (Å²) in [5.41, 5.74) is 2.48. The first kappa shape index (κ1) is 13.1. The Labute approximate surface area is 101 Å². The molecule has 0 radical (unpaired) electrons. The van der Waals surface area contributed by atoms with Gasteiger partial charge in [-0.2, -0.15) is 0 Å². The molecule has 1 aromatic carbocycles. The van der Waals surface area contributed by atoms with Crippen molar-refractivity contribution in [3.63, 3.8) is 0 Å². The molecule has 0 heterocycles. The minimum absolute atomic E-state index is 0.0478. The predicted octanol–water partition coefficient (Wildman–Crippen LogP) is 1.91. The third-order valence-electron chi connectivity index (χ3n) is 2.13. The molecule has 1 aromatic rings. The van der Waals surface area contributed by atoms with Gasteiger partial charge in [-0.15, -0.1) is 0 Å². The molecule has 90 valence electrons. The van der Waals surface area contributed by atoms with Crippen LogP contribution in [-0.2, 0) is 4.74 Å². The topological polar surface area (TPSA) is 58.6 Å². The van der Waals surface area contributed by atoms with Crippen LogP contribution in [0.5, 0.6) is 0 Å². The second-order valence-corrected chi connectivity index (χ2v) is 3.42. The molecule has 4 nitrogen and oxygen atoms in total. The first-order valence-electron chi connectivity index (χ1n) is 5.22. The van der Waals surface area contributed by atoms with Gasteiger partial charge in [0.2, 0.25) is 0 Å². The zero-order valence-electron chi connectivity index (χ0n) is 9.91. The van der Waals surface area contributed by atoms with E-state index < -0.39 is 6.09 Å². The number of methoxy groups -OCH3 is 1. The Hall–Kier alpha value is -1.99. The summed E-state index contributed by atoms with van der Waals surface area (Å²) in [5, 5.41) is 11.2. The summed E-state index contributed by atoms with van der Waals surface area (Å²) in [6.07, 6.45) is -0.0724. The molecule has 0 aliphatic rings. The van der Waals surface area contributed by atoms with E-state index in [1.165, 1.54) is 7.11 Å². The van der Waals surface area contributed by atoms with Gasteiger partial charge in [0, 0.05) is 17.7 Å². The quantitative estimate of drug-likeness (QED) is 0.767. The third kappa shape index (κ3) is 4.17. The Balaban J connectivity index is 2.87. The van der Waals surface area contributed by atoms with E-state index in [2.05, 4.69) is 21.9 Å². The minimum atomic E-state index is -0.511. The normalized spacial score (nSPS) is 9.12. The number of amides is 1. The Kier molecular flexibility index (Phi) is 5.05. The molecule has 0 aromatic heterocycles. The molecule has 2 N–H and O–H groups in total. The molecule has 0 aliphatic carbocycles. The maximum Gasteiger partial charge on any atom is 0.411 e. The van der Waals surface area contributed by atoms with E-state index in [1.54, 1.807) is 12.1 Å². The van der Waals surface area contributed by atoms with Gasteiger partial charge in [-0.1, -0.05) is 17.9 Å². The maximum atomic E-state index is 11.0. The van der Waals surface area contributed by atoms with Gasteiger partial charge in [0.25, 0.3) is 0 Å². The molecule has 0 spiro atoms. The summed E-state index contributed by atoms with van der Waals surface area (Å²) in [6.45, 7) is 1.98. The molecule has 0 atom stereocenters. The first-order valence-corrected chi connectivity index (χ1v) is 5.22. The molecule has 4 heteroatoms. The van der Waals surface area contributed by atoms with Crippen molar-refractivity contribution in [2.45, 2.75) is 13.3 Å². The van der Waals surface area contributed by atoms with Crippen molar-refractivity contribution in [3.8, 4) is 11.8 Å². The molecule has 1 rings (SSSR count). The van der Waals surface area contributed by atoms with E-state index >= 15 is 0 Å². The van der Waals surface area contributed by atoms with Gasteiger partial charge in [-0.05, 0) is 24.6 Å². The van der Waals surface area contributed by atoms with E-state index in [0.717, 1.165) is 11.1 Å². The van der Waals surface area contributed by atoms with E-state index in [0.29, 0.717) is 12.1 Å². The van der Waals surface area contributed by atoms with Crippen LogP contribution in [0, 0.1) is 18.8 Å². The lowest BCUT2D eigenvalue weighted by Crippen LogP contribution is -2.10. The second-order valence-electron chi connectivity index (χ2n) is 3.42. The van der Waals surface area contributed by atoms with E-state index in [4.69, 9.17) is 5.11 Å². The monoisotopic (exact) mass is 233 g/mol. The van der Waals surface area contributed by atoms with Crippen LogP contribution in [0.2, 0.25) is 0 Å². The fourth-order valence-electron chi connectivity index (χ4n) is 1.22. The lowest BCUT2D eigenvalue weighted by molar-refractivity contribution is 0.187. The molecule has 0 aliphatic heterocycles. The number of nitrogens with one attached hydrogen (secondary N) is 1. The number of hydrogen-bond donors (Lipinski definition) is 2. The highest BCUT2D eigenvalue weighted by molar-refractivity contribution is 5.84. The molecular weight excluding hydrogens is 218 g/mol. The third-order valence-corrected chi connectivity index (χ3v) is 2.13. The lowest BCUT2D eigenvalue weighted by atomic mass is 10.1. The van der Waals surface area contributed by atoms with E-state index in [9.17, 15) is 4.79 Å². The SMILES string of the molecule is COC(=O)Nc1ccc(C)c(C#CCCO)c1. The smallest absolute Gasteiger partial charge is 0.411 e. The summed E-state index contributed by atoms with van der Waals surface area (Å²) >= 11 is 0. The van der Waals surface area contributed by atoms with Crippen molar-refractivity contribution in [1.29, 1.82) is 0 Å². The van der Waals surface area contributed by atoms with Crippen LogP contribution in [0.1, 0.15) is 17.5 Å². The van der Waals surface area contributed by atoms with Gasteiger partial charge in [0.05, 0.1) is 13.7 Å². The maximum absolute atomic E-state index is 11.0. The van der Waals surface area contributed by atoms with Crippen LogP contribution in [0.3, 0.4) is 0 Å². The van der Waals surface area contributed by atoms with E-state index in [1.807, 2.05) is 13.0 Å². The molecule has 0 bridgehead atoms. The first-order chi connectivity index (χ1) is 8.17. The average Bonchev–Trinajstić information content (AvgIpc) is 2.33. The Morgan fingerprint density at radius 2 is 2.29 bits per heavy atom. The number of ether oxygens (including phenoxy) is 1. The van der Waals surface area contributed by atoms with Gasteiger partial charge >= 0.3 is 6.09 Å². The van der Waals surface area contributed by atoms with Crippen LogP contribution in [-0.4, -0.2) is 24.9 Å². The average molecular weight is 233 g/mol. The largest absolute Gasteiger partial charge is 0.453 e. The number of hydrogen-bond acceptors (Lipinski definition) is 3. The number of benzene rings is 1. The molecule has 0 saturated carbocycles. The number of anilines is 1. The van der Waals surface area contributed by atoms with Crippen molar-refractivity contribution < 1.29 is 14.6 Å². The zero-order chi connectivity index (χ0) is 12.7. The van der Waals surface area contributed by atoms with Crippen molar-refractivity contribution in [2.75, 3.05) is 19.0 Å². The molecule has 0 fully saturated rings. The van der Waals surface area contributed by atoms with Crippen LogP contribution >= 0.6 is 0 Å². The van der Waals surface area contributed by atoms with Crippen LogP contribution < -0.4 is 5.32 Å². The summed E-state index contributed by atoms with van der Waals surface area (Å²) in [6, 6.07) is 5.42. The summed E-state index contributed by atoms with van der Waals surface area (Å²) in [4.78, 5) is 11.0. The second kappa shape index (κ2) is 6.56. The van der Waals surface area contributed by atoms with Gasteiger partial charge in [-0.25, -0.2) is 4.79 Å². The summed E-state index contributed by atoms with van der Waals surface area (Å²) in [5.74, 6) is 5.79. The molecule has 0 unspecified atom stereocenters. The minimum Gasteiger partial charge on any atom is -0.453 e. The van der Waals surface area contributed by atoms with E-state index in [-0.39, 0.29) is 6.61 Å². The van der Waals surface area contributed by atoms with Gasteiger partial charge in [-0.3, -0.25) is 5.32 Å². The summed E-state index contributed by atoms with van der Waals surface area (Å²) in [7, 11) is 1.31. The van der Waals surface area contributed by atoms with Crippen molar-refractivity contribution in [3.05, 3.63) is 29.3 Å². The number of carbonyl (C=O) groups is 1. The lowest BCUT2D eigenvalue weighted by Gasteiger charge is -2.05. The van der Waals surface area contributed by atoms with Gasteiger partial charge in [0.15, 0.2) is 0 Å². The molecular formula is C13H15NO3. The van der Waals surface area contributed by atoms with Gasteiger partial charge < -0.3 is 9.84 Å². The number of aliphatic hydroxyl groups is 1. The van der Waals surface area contributed by atoms with Crippen molar-refractivity contribution >= 4 is 11.8 Å². The van der Waals surface area contributed by atoms with Crippen molar-refractivity contribution in [1.82, 2.24) is 0 Å². The van der Waals surface area contributed by atoms with Gasteiger partial charge in [0.1, 0.15) is 0 Å². The predicted molar refractivity (Wildman–Crippen MR) is 65.8 cm³/mol. The number of aliphatic hydroxyl groups excluding tert-OH is 1.